The highest BCUT2D eigenvalue weighted by Crippen LogP contribution is 2.23. The molecular formula is C8H14BrNO2. The van der Waals surface area contributed by atoms with E-state index in [2.05, 4.69) is 15.9 Å². The summed E-state index contributed by atoms with van der Waals surface area (Å²) in [6, 6.07) is 0.163. The highest BCUT2D eigenvalue weighted by atomic mass is 79.9. The van der Waals surface area contributed by atoms with Crippen LogP contribution in [0.3, 0.4) is 0 Å². The largest absolute Gasteiger partial charge is 0.465 e. The number of alkyl halides is 1. The van der Waals surface area contributed by atoms with Crippen LogP contribution in [0.4, 0.5) is 4.79 Å². The Morgan fingerprint density at radius 3 is 2.75 bits per heavy atom. The topological polar surface area (TPSA) is 40.5 Å². The Kier molecular flexibility index (Phi) is 3.38. The zero-order chi connectivity index (χ0) is 9.14. The first-order chi connectivity index (χ1) is 5.63. The summed E-state index contributed by atoms with van der Waals surface area (Å²) >= 11 is 3.44. The van der Waals surface area contributed by atoms with Gasteiger partial charge in [0.1, 0.15) is 0 Å². The summed E-state index contributed by atoms with van der Waals surface area (Å²) in [5, 5.41) is 8.86. The minimum atomic E-state index is -0.786. The summed E-state index contributed by atoms with van der Waals surface area (Å²) < 4.78 is 0. The molecule has 0 aromatic rings. The summed E-state index contributed by atoms with van der Waals surface area (Å²) in [5.41, 5.74) is 0. The van der Waals surface area contributed by atoms with Crippen LogP contribution in [0.1, 0.15) is 26.2 Å². The van der Waals surface area contributed by atoms with E-state index in [1.54, 1.807) is 4.90 Å². The zero-order valence-corrected chi connectivity index (χ0v) is 8.75. The summed E-state index contributed by atoms with van der Waals surface area (Å²) in [4.78, 5) is 12.6. The maximum Gasteiger partial charge on any atom is 0.407 e. The molecule has 3 nitrogen and oxygen atoms in total. The van der Waals surface area contributed by atoms with Gasteiger partial charge in [-0.25, -0.2) is 4.79 Å². The van der Waals surface area contributed by atoms with Crippen LogP contribution < -0.4 is 0 Å². The normalized spacial score (nSPS) is 26.8. The number of carbonyl (C=O) groups is 1. The van der Waals surface area contributed by atoms with Crippen LogP contribution in [-0.4, -0.2) is 33.5 Å². The molecule has 12 heavy (non-hydrogen) atoms. The van der Waals surface area contributed by atoms with E-state index in [9.17, 15) is 4.79 Å². The fraction of sp³-hybridized carbons (Fsp3) is 0.875. The third-order valence-corrected chi connectivity index (χ3v) is 2.94. The van der Waals surface area contributed by atoms with Gasteiger partial charge in [-0.2, -0.15) is 0 Å². The van der Waals surface area contributed by atoms with Crippen molar-refractivity contribution in [3.05, 3.63) is 0 Å². The summed E-state index contributed by atoms with van der Waals surface area (Å²) in [7, 11) is 0. The van der Waals surface area contributed by atoms with Gasteiger partial charge in [0.25, 0.3) is 0 Å². The molecule has 0 bridgehead atoms. The van der Waals surface area contributed by atoms with Crippen molar-refractivity contribution < 1.29 is 9.90 Å². The second-order valence-corrected chi connectivity index (χ2v) is 4.66. The van der Waals surface area contributed by atoms with Crippen molar-refractivity contribution in [2.24, 2.45) is 0 Å². The number of carboxylic acid groups (broad SMARTS) is 1. The van der Waals surface area contributed by atoms with Crippen molar-refractivity contribution in [2.75, 3.05) is 6.54 Å². The average Bonchev–Trinajstić information content (AvgIpc) is 2.04. The molecule has 70 valence electrons. The third kappa shape index (κ3) is 2.12. The second-order valence-electron chi connectivity index (χ2n) is 3.22. The van der Waals surface area contributed by atoms with Gasteiger partial charge in [-0.3, -0.25) is 0 Å². The van der Waals surface area contributed by atoms with Gasteiger partial charge in [0.2, 0.25) is 0 Å². The first kappa shape index (κ1) is 9.84. The number of piperidine rings is 1. The summed E-state index contributed by atoms with van der Waals surface area (Å²) in [6.45, 7) is 2.70. The number of rotatable bonds is 1. The lowest BCUT2D eigenvalue weighted by molar-refractivity contribution is 0.107. The molecule has 4 heteroatoms. The molecule has 0 spiro atoms. The molecule has 0 aromatic carbocycles. The second kappa shape index (κ2) is 4.12. The molecule has 1 aliphatic rings. The van der Waals surface area contributed by atoms with Crippen LogP contribution in [0, 0.1) is 0 Å². The molecule has 0 radical (unpaired) electrons. The van der Waals surface area contributed by atoms with E-state index in [-0.39, 0.29) is 10.9 Å². The standard InChI is InChI=1S/C8H14BrNO2/c1-6(9)7-4-2-3-5-10(7)8(11)12/h6-7H,2-5H2,1H3,(H,11,12). The van der Waals surface area contributed by atoms with Crippen LogP contribution in [0.2, 0.25) is 0 Å². The van der Waals surface area contributed by atoms with Gasteiger partial charge >= 0.3 is 6.09 Å². The smallest absolute Gasteiger partial charge is 0.407 e. The molecule has 1 fully saturated rings. The molecule has 2 unspecified atom stereocenters. The fourth-order valence-corrected chi connectivity index (χ4v) is 2.22. The summed E-state index contributed by atoms with van der Waals surface area (Å²) in [6.07, 6.45) is 2.34. The predicted molar refractivity (Wildman–Crippen MR) is 50.8 cm³/mol. The van der Waals surface area contributed by atoms with Gasteiger partial charge < -0.3 is 10.0 Å². The highest BCUT2D eigenvalue weighted by molar-refractivity contribution is 9.09. The van der Waals surface area contributed by atoms with Crippen molar-refractivity contribution in [2.45, 2.75) is 37.1 Å². The Balaban J connectivity index is 2.60. The quantitative estimate of drug-likeness (QED) is 0.709. The van der Waals surface area contributed by atoms with Crippen molar-refractivity contribution in [3.8, 4) is 0 Å². The third-order valence-electron chi connectivity index (χ3n) is 2.33. The number of halogens is 1. The average molecular weight is 236 g/mol. The van der Waals surface area contributed by atoms with Gasteiger partial charge in [-0.1, -0.05) is 22.9 Å². The Morgan fingerprint density at radius 1 is 1.67 bits per heavy atom. The molecule has 2 atom stereocenters. The van der Waals surface area contributed by atoms with Crippen molar-refractivity contribution >= 4 is 22.0 Å². The van der Waals surface area contributed by atoms with E-state index in [1.165, 1.54) is 0 Å². The maximum atomic E-state index is 10.8. The molecule has 0 aromatic heterocycles. The lowest BCUT2D eigenvalue weighted by Gasteiger charge is -2.35. The van der Waals surface area contributed by atoms with E-state index in [4.69, 9.17) is 5.11 Å². The molecule has 0 saturated carbocycles. The zero-order valence-electron chi connectivity index (χ0n) is 7.16. The molecule has 1 saturated heterocycles. The van der Waals surface area contributed by atoms with Gasteiger partial charge in [0.15, 0.2) is 0 Å². The maximum absolute atomic E-state index is 10.8. The molecule has 1 rings (SSSR count). The Bertz CT molecular complexity index is 172. The molecule has 0 aliphatic carbocycles. The number of nitrogens with zero attached hydrogens (tertiary/aromatic N) is 1. The van der Waals surface area contributed by atoms with Crippen molar-refractivity contribution in [3.63, 3.8) is 0 Å². The number of amides is 1. The number of hydrogen-bond acceptors (Lipinski definition) is 1. The molecule has 1 aliphatic heterocycles. The van der Waals surface area contributed by atoms with Gasteiger partial charge in [0, 0.05) is 17.4 Å². The minimum Gasteiger partial charge on any atom is -0.465 e. The monoisotopic (exact) mass is 235 g/mol. The van der Waals surface area contributed by atoms with Crippen molar-refractivity contribution in [1.82, 2.24) is 4.90 Å². The van der Waals surface area contributed by atoms with Crippen LogP contribution in [0.15, 0.2) is 0 Å². The number of hydrogen-bond donors (Lipinski definition) is 1. The van der Waals surface area contributed by atoms with Crippen molar-refractivity contribution in [1.29, 1.82) is 0 Å². The SMILES string of the molecule is CC(Br)C1CCCCN1C(=O)O. The Morgan fingerprint density at radius 2 is 2.33 bits per heavy atom. The van der Waals surface area contributed by atoms with Crippen LogP contribution >= 0.6 is 15.9 Å². The van der Waals surface area contributed by atoms with E-state index < -0.39 is 6.09 Å². The Labute approximate surface area is 80.9 Å². The van der Waals surface area contributed by atoms with E-state index >= 15 is 0 Å². The highest BCUT2D eigenvalue weighted by Gasteiger charge is 2.28. The van der Waals surface area contributed by atoms with E-state index in [1.807, 2.05) is 6.92 Å². The van der Waals surface area contributed by atoms with E-state index in [0.717, 1.165) is 19.3 Å². The lowest BCUT2D eigenvalue weighted by atomic mass is 10.0. The van der Waals surface area contributed by atoms with Gasteiger partial charge in [0.05, 0.1) is 0 Å². The van der Waals surface area contributed by atoms with Crippen LogP contribution in [0.5, 0.6) is 0 Å². The first-order valence-electron chi connectivity index (χ1n) is 4.26. The fourth-order valence-electron chi connectivity index (χ4n) is 1.67. The van der Waals surface area contributed by atoms with Crippen LogP contribution in [0.25, 0.3) is 0 Å². The van der Waals surface area contributed by atoms with Crippen LogP contribution in [-0.2, 0) is 0 Å². The minimum absolute atomic E-state index is 0.163. The summed E-state index contributed by atoms with van der Waals surface area (Å²) in [5.74, 6) is 0. The number of likely N-dealkylation sites (tertiary alicyclic amines) is 1. The van der Waals surface area contributed by atoms with Gasteiger partial charge in [-0.05, 0) is 19.3 Å². The molecule has 1 N–H and O–H groups in total. The lowest BCUT2D eigenvalue weighted by Crippen LogP contribution is -2.46. The molecular weight excluding hydrogens is 222 g/mol. The van der Waals surface area contributed by atoms with Gasteiger partial charge in [-0.15, -0.1) is 0 Å². The molecule has 1 amide bonds. The first-order valence-corrected chi connectivity index (χ1v) is 5.18. The molecule has 1 heterocycles. The van der Waals surface area contributed by atoms with E-state index in [0.29, 0.717) is 6.54 Å². The Hall–Kier alpha value is -0.250. The predicted octanol–water partition coefficient (Wildman–Crippen LogP) is 2.30.